The molecule has 0 saturated heterocycles. The van der Waals surface area contributed by atoms with Gasteiger partial charge in [0.05, 0.1) is 0 Å². The summed E-state index contributed by atoms with van der Waals surface area (Å²) in [5, 5.41) is 0. The Labute approximate surface area is 105 Å². The number of hydrogen-bond donors (Lipinski definition) is 0. The van der Waals surface area contributed by atoms with Crippen LogP contribution in [0.25, 0.3) is 0 Å². The van der Waals surface area contributed by atoms with Gasteiger partial charge in [0.2, 0.25) is 0 Å². The molecule has 92 valence electrons. The van der Waals surface area contributed by atoms with Gasteiger partial charge in [-0.15, -0.1) is 0 Å². The zero-order valence-corrected chi connectivity index (χ0v) is 10.8. The first-order valence-corrected chi connectivity index (χ1v) is 7.47. The van der Waals surface area contributed by atoms with E-state index < -0.39 is 0 Å². The molecule has 0 amide bonds. The Balaban J connectivity index is 1.69. The fourth-order valence-electron chi connectivity index (χ4n) is 4.24. The molecule has 0 aliphatic heterocycles. The molecule has 0 bridgehead atoms. The molecular weight excluding hydrogens is 204 g/mol. The van der Waals surface area contributed by atoms with Gasteiger partial charge in [0.1, 0.15) is 0 Å². The van der Waals surface area contributed by atoms with Gasteiger partial charge in [-0.05, 0) is 42.6 Å². The third-order valence-electron chi connectivity index (χ3n) is 5.06. The van der Waals surface area contributed by atoms with Gasteiger partial charge in [-0.3, -0.25) is 0 Å². The van der Waals surface area contributed by atoms with Gasteiger partial charge in [-0.2, -0.15) is 0 Å². The highest BCUT2D eigenvalue weighted by atomic mass is 14.4. The van der Waals surface area contributed by atoms with Gasteiger partial charge in [-0.1, -0.05) is 62.4 Å². The maximum Gasteiger partial charge on any atom is -0.0248 e. The highest BCUT2D eigenvalue weighted by molar-refractivity contribution is 5.15. The third kappa shape index (κ3) is 2.56. The molecule has 0 N–H and O–H groups in total. The summed E-state index contributed by atoms with van der Waals surface area (Å²) in [5.41, 5.74) is 1.56. The highest BCUT2D eigenvalue weighted by Gasteiger charge is 2.34. The quantitative estimate of drug-likeness (QED) is 0.679. The lowest BCUT2D eigenvalue weighted by Crippen LogP contribution is -2.32. The van der Waals surface area contributed by atoms with E-state index in [0.29, 0.717) is 0 Å². The van der Waals surface area contributed by atoms with Gasteiger partial charge in [0.25, 0.3) is 0 Å². The van der Waals surface area contributed by atoms with E-state index in [1.54, 1.807) is 5.56 Å². The summed E-state index contributed by atoms with van der Waals surface area (Å²) < 4.78 is 0. The van der Waals surface area contributed by atoms with Crippen LogP contribution in [0.2, 0.25) is 0 Å². The van der Waals surface area contributed by atoms with Gasteiger partial charge < -0.3 is 0 Å². The molecule has 1 aromatic rings. The minimum Gasteiger partial charge on any atom is -0.0622 e. The molecule has 3 unspecified atom stereocenters. The van der Waals surface area contributed by atoms with Crippen LogP contribution in [0.4, 0.5) is 0 Å². The summed E-state index contributed by atoms with van der Waals surface area (Å²) in [6, 6.07) is 11.1. The second kappa shape index (κ2) is 5.25. The molecule has 0 heteroatoms. The smallest absolute Gasteiger partial charge is 0.0248 e. The van der Waals surface area contributed by atoms with E-state index in [2.05, 4.69) is 30.3 Å². The summed E-state index contributed by atoms with van der Waals surface area (Å²) in [5.74, 6) is 3.11. The highest BCUT2D eigenvalue weighted by Crippen LogP contribution is 2.44. The molecule has 17 heavy (non-hydrogen) atoms. The summed E-state index contributed by atoms with van der Waals surface area (Å²) in [4.78, 5) is 0. The zero-order chi connectivity index (χ0) is 11.5. The van der Waals surface area contributed by atoms with Crippen LogP contribution in [0.1, 0.15) is 50.5 Å². The van der Waals surface area contributed by atoms with Crippen molar-refractivity contribution in [1.29, 1.82) is 0 Å². The van der Waals surface area contributed by atoms with E-state index in [9.17, 15) is 0 Å². The molecule has 2 aliphatic rings. The summed E-state index contributed by atoms with van der Waals surface area (Å²) in [6.07, 6.45) is 11.9. The van der Waals surface area contributed by atoms with Crippen molar-refractivity contribution in [2.75, 3.05) is 0 Å². The summed E-state index contributed by atoms with van der Waals surface area (Å²) >= 11 is 0. The monoisotopic (exact) mass is 228 g/mol. The second-order valence-electron chi connectivity index (χ2n) is 6.09. The Hall–Kier alpha value is -0.780. The molecule has 0 heterocycles. The average molecular weight is 228 g/mol. The normalized spacial score (nSPS) is 33.1. The Kier molecular flexibility index (Phi) is 3.49. The maximum atomic E-state index is 2.31. The third-order valence-corrected chi connectivity index (χ3v) is 5.06. The van der Waals surface area contributed by atoms with Crippen LogP contribution in [0.5, 0.6) is 0 Å². The van der Waals surface area contributed by atoms with Gasteiger partial charge in [-0.25, -0.2) is 0 Å². The van der Waals surface area contributed by atoms with E-state index >= 15 is 0 Å². The van der Waals surface area contributed by atoms with Gasteiger partial charge >= 0.3 is 0 Å². The summed E-state index contributed by atoms with van der Waals surface area (Å²) in [6.45, 7) is 0. The van der Waals surface area contributed by atoms with Crippen molar-refractivity contribution in [2.45, 2.75) is 51.4 Å². The van der Waals surface area contributed by atoms with Crippen LogP contribution < -0.4 is 0 Å². The van der Waals surface area contributed by atoms with Crippen LogP contribution >= 0.6 is 0 Å². The van der Waals surface area contributed by atoms with Crippen molar-refractivity contribution < 1.29 is 0 Å². The fraction of sp³-hybridized carbons (Fsp3) is 0.647. The van der Waals surface area contributed by atoms with Crippen molar-refractivity contribution in [1.82, 2.24) is 0 Å². The van der Waals surface area contributed by atoms with E-state index in [0.717, 1.165) is 17.8 Å². The predicted molar refractivity (Wildman–Crippen MR) is 72.9 cm³/mol. The standard InChI is InChI=1S/C17H24/c1-2-7-14(8-3-1)13-16-11-6-10-15-9-4-5-12-17(15)16/h1-3,7-8,15-17H,4-6,9-13H2. The van der Waals surface area contributed by atoms with Gasteiger partial charge in [0, 0.05) is 0 Å². The Morgan fingerprint density at radius 2 is 1.59 bits per heavy atom. The summed E-state index contributed by atoms with van der Waals surface area (Å²) in [7, 11) is 0. The van der Waals surface area contributed by atoms with E-state index in [4.69, 9.17) is 0 Å². The first-order chi connectivity index (χ1) is 8.43. The molecule has 0 aromatic heterocycles. The number of hydrogen-bond acceptors (Lipinski definition) is 0. The zero-order valence-electron chi connectivity index (χ0n) is 10.8. The Morgan fingerprint density at radius 3 is 2.47 bits per heavy atom. The lowest BCUT2D eigenvalue weighted by Gasteiger charge is -2.41. The van der Waals surface area contributed by atoms with Crippen molar-refractivity contribution in [2.24, 2.45) is 17.8 Å². The Bertz CT molecular complexity index is 338. The lowest BCUT2D eigenvalue weighted by atomic mass is 9.64. The molecule has 3 rings (SSSR count). The lowest BCUT2D eigenvalue weighted by molar-refractivity contribution is 0.104. The van der Waals surface area contributed by atoms with Crippen LogP contribution in [-0.4, -0.2) is 0 Å². The number of benzene rings is 1. The van der Waals surface area contributed by atoms with E-state index in [-0.39, 0.29) is 0 Å². The molecule has 2 fully saturated rings. The first-order valence-electron chi connectivity index (χ1n) is 7.47. The molecule has 3 atom stereocenters. The van der Waals surface area contributed by atoms with Crippen molar-refractivity contribution >= 4 is 0 Å². The van der Waals surface area contributed by atoms with Crippen molar-refractivity contribution in [3.05, 3.63) is 35.9 Å². The fourth-order valence-corrected chi connectivity index (χ4v) is 4.24. The van der Waals surface area contributed by atoms with Gasteiger partial charge in [0.15, 0.2) is 0 Å². The Morgan fingerprint density at radius 1 is 0.824 bits per heavy atom. The minimum absolute atomic E-state index is 0.983. The molecule has 1 aromatic carbocycles. The molecule has 2 aliphatic carbocycles. The average Bonchev–Trinajstić information content (AvgIpc) is 2.40. The van der Waals surface area contributed by atoms with Crippen molar-refractivity contribution in [3.8, 4) is 0 Å². The SMILES string of the molecule is c1ccc(CC2CCCC3CCCCC32)cc1. The van der Waals surface area contributed by atoms with E-state index in [1.165, 1.54) is 51.4 Å². The topological polar surface area (TPSA) is 0 Å². The predicted octanol–water partition coefficient (Wildman–Crippen LogP) is 4.84. The minimum atomic E-state index is 0.983. The maximum absolute atomic E-state index is 2.31. The second-order valence-corrected chi connectivity index (χ2v) is 6.09. The number of fused-ring (bicyclic) bond motifs is 1. The molecule has 2 saturated carbocycles. The van der Waals surface area contributed by atoms with Crippen LogP contribution in [-0.2, 0) is 6.42 Å². The van der Waals surface area contributed by atoms with Crippen molar-refractivity contribution in [3.63, 3.8) is 0 Å². The molecule has 0 nitrogen and oxygen atoms in total. The van der Waals surface area contributed by atoms with Crippen LogP contribution in [0, 0.1) is 17.8 Å². The van der Waals surface area contributed by atoms with E-state index in [1.807, 2.05) is 0 Å². The molecule has 0 spiro atoms. The van der Waals surface area contributed by atoms with Crippen LogP contribution in [0.15, 0.2) is 30.3 Å². The number of rotatable bonds is 2. The van der Waals surface area contributed by atoms with Crippen LogP contribution in [0.3, 0.4) is 0 Å². The molecule has 0 radical (unpaired) electrons. The first kappa shape index (κ1) is 11.3. The largest absolute Gasteiger partial charge is 0.0622 e. The molecular formula is C17H24.